The van der Waals surface area contributed by atoms with Gasteiger partial charge in [-0.15, -0.1) is 0 Å². The second kappa shape index (κ2) is 15.0. The molecular weight excluding hydrogens is 315 g/mol. The smallest absolute Gasteiger partial charge is 0.550 e. The number of carbonyl (C=O) groups excluding carboxylic acids is 2. The number of unbranched alkanes of at least 4 members (excludes halogenated alkanes) is 6. The summed E-state index contributed by atoms with van der Waals surface area (Å²) in [4.78, 5) is 23.1. The fraction of sp³-hybridized carbons (Fsp3) is 0.789. The zero-order valence-electron chi connectivity index (χ0n) is 15.4. The minimum atomic E-state index is -1.11. The van der Waals surface area contributed by atoms with Crippen LogP contribution < -0.4 is 34.7 Å². The predicted molar refractivity (Wildman–Crippen MR) is 88.5 cm³/mol. The molecule has 0 spiro atoms. The SMILES string of the molecule is C/C=C/CCCCCCCCOC(=O)C1CCCCC1C(=O)[O-].[Na+]. The van der Waals surface area contributed by atoms with E-state index >= 15 is 0 Å². The van der Waals surface area contributed by atoms with Crippen molar-refractivity contribution in [1.29, 1.82) is 0 Å². The third kappa shape index (κ3) is 9.85. The van der Waals surface area contributed by atoms with Gasteiger partial charge in [-0.3, -0.25) is 4.79 Å². The zero-order chi connectivity index (χ0) is 16.9. The fourth-order valence-electron chi connectivity index (χ4n) is 3.21. The molecule has 0 N–H and O–H groups in total. The van der Waals surface area contributed by atoms with Crippen LogP contribution in [0.4, 0.5) is 0 Å². The van der Waals surface area contributed by atoms with Crippen molar-refractivity contribution >= 4 is 11.9 Å². The third-order valence-corrected chi connectivity index (χ3v) is 4.62. The van der Waals surface area contributed by atoms with Gasteiger partial charge >= 0.3 is 35.5 Å². The monoisotopic (exact) mass is 346 g/mol. The summed E-state index contributed by atoms with van der Waals surface area (Å²) >= 11 is 0. The number of aliphatic carboxylic acids is 1. The summed E-state index contributed by atoms with van der Waals surface area (Å²) in [6, 6.07) is 0. The quantitative estimate of drug-likeness (QED) is 0.235. The second-order valence-electron chi connectivity index (χ2n) is 6.46. The van der Waals surface area contributed by atoms with E-state index in [4.69, 9.17) is 4.74 Å². The van der Waals surface area contributed by atoms with E-state index in [0.717, 1.165) is 32.1 Å². The van der Waals surface area contributed by atoms with E-state index in [2.05, 4.69) is 12.2 Å². The van der Waals surface area contributed by atoms with Crippen LogP contribution in [0.15, 0.2) is 12.2 Å². The summed E-state index contributed by atoms with van der Waals surface area (Å²) in [5.74, 6) is -2.61. The van der Waals surface area contributed by atoms with Crippen molar-refractivity contribution in [3.63, 3.8) is 0 Å². The van der Waals surface area contributed by atoms with E-state index in [1.165, 1.54) is 25.7 Å². The van der Waals surface area contributed by atoms with Crippen LogP contribution in [0.2, 0.25) is 0 Å². The van der Waals surface area contributed by atoms with Gasteiger partial charge in [-0.05, 0) is 39.0 Å². The van der Waals surface area contributed by atoms with Crippen molar-refractivity contribution in [2.24, 2.45) is 11.8 Å². The molecule has 0 aromatic heterocycles. The Bertz CT molecular complexity index is 382. The minimum Gasteiger partial charge on any atom is -0.550 e. The van der Waals surface area contributed by atoms with Crippen molar-refractivity contribution in [3.05, 3.63) is 12.2 Å². The van der Waals surface area contributed by atoms with Gasteiger partial charge in [-0.2, -0.15) is 0 Å². The molecule has 0 aliphatic heterocycles. The Morgan fingerprint density at radius 2 is 1.58 bits per heavy atom. The van der Waals surface area contributed by atoms with E-state index in [9.17, 15) is 14.7 Å². The predicted octanol–water partition coefficient (Wildman–Crippen LogP) is 0.397. The molecule has 2 unspecified atom stereocenters. The third-order valence-electron chi connectivity index (χ3n) is 4.62. The number of carboxylic acids is 1. The average Bonchev–Trinajstić information content (AvgIpc) is 2.56. The molecule has 0 aromatic carbocycles. The Morgan fingerprint density at radius 3 is 2.21 bits per heavy atom. The maximum absolute atomic E-state index is 12.0. The van der Waals surface area contributed by atoms with Crippen LogP contribution >= 0.6 is 0 Å². The van der Waals surface area contributed by atoms with Crippen molar-refractivity contribution in [1.82, 2.24) is 0 Å². The van der Waals surface area contributed by atoms with Crippen LogP contribution in [0.3, 0.4) is 0 Å². The van der Waals surface area contributed by atoms with Crippen molar-refractivity contribution in [3.8, 4) is 0 Å². The molecule has 1 fully saturated rings. The molecule has 1 saturated carbocycles. The topological polar surface area (TPSA) is 66.4 Å². The minimum absolute atomic E-state index is 0. The molecule has 1 rings (SSSR count). The molecule has 0 heterocycles. The summed E-state index contributed by atoms with van der Waals surface area (Å²) in [5, 5.41) is 11.1. The molecule has 1 aliphatic carbocycles. The van der Waals surface area contributed by atoms with E-state index in [0.29, 0.717) is 19.4 Å². The number of carbonyl (C=O) groups is 2. The molecule has 0 bridgehead atoms. The Labute approximate surface area is 168 Å². The molecule has 0 aromatic rings. The maximum Gasteiger partial charge on any atom is 1.00 e. The van der Waals surface area contributed by atoms with E-state index in [1.54, 1.807) is 0 Å². The van der Waals surface area contributed by atoms with Gasteiger partial charge in [0.2, 0.25) is 0 Å². The van der Waals surface area contributed by atoms with Gasteiger partial charge in [-0.25, -0.2) is 0 Å². The van der Waals surface area contributed by atoms with Crippen molar-refractivity contribution in [2.75, 3.05) is 6.61 Å². The Hall–Kier alpha value is -0.320. The van der Waals surface area contributed by atoms with Crippen LogP contribution in [0, 0.1) is 11.8 Å². The number of carboxylic acid groups (broad SMARTS) is 1. The van der Waals surface area contributed by atoms with Gasteiger partial charge in [0.25, 0.3) is 0 Å². The average molecular weight is 346 g/mol. The van der Waals surface area contributed by atoms with Crippen LogP contribution in [0.25, 0.3) is 0 Å². The van der Waals surface area contributed by atoms with E-state index in [1.807, 2.05) is 6.92 Å². The van der Waals surface area contributed by atoms with Gasteiger partial charge in [0, 0.05) is 11.9 Å². The first kappa shape index (κ1) is 23.7. The molecular formula is C19H31NaO4. The summed E-state index contributed by atoms with van der Waals surface area (Å²) in [6.07, 6.45) is 15.2. The van der Waals surface area contributed by atoms with Crippen molar-refractivity contribution < 1.29 is 49.0 Å². The first-order valence-corrected chi connectivity index (χ1v) is 9.15. The summed E-state index contributed by atoms with van der Waals surface area (Å²) in [7, 11) is 0. The van der Waals surface area contributed by atoms with Crippen LogP contribution in [0.5, 0.6) is 0 Å². The fourth-order valence-corrected chi connectivity index (χ4v) is 3.21. The molecule has 0 saturated heterocycles. The number of hydrogen-bond acceptors (Lipinski definition) is 4. The number of rotatable bonds is 11. The standard InChI is InChI=1S/C19H32O4.Na/c1-2-3-4-5-6-7-8-9-12-15-23-19(22)17-14-11-10-13-16(17)18(20)21;/h2-3,16-17H,4-15H2,1H3,(H,20,21);/q;+1/p-1/b3-2+;. The van der Waals surface area contributed by atoms with Gasteiger partial charge in [-0.1, -0.05) is 50.7 Å². The summed E-state index contributed by atoms with van der Waals surface area (Å²) < 4.78 is 5.28. The van der Waals surface area contributed by atoms with Gasteiger partial charge < -0.3 is 14.6 Å². The van der Waals surface area contributed by atoms with E-state index < -0.39 is 17.8 Å². The number of ether oxygens (including phenoxy) is 1. The zero-order valence-corrected chi connectivity index (χ0v) is 17.4. The second-order valence-corrected chi connectivity index (χ2v) is 6.46. The molecule has 132 valence electrons. The van der Waals surface area contributed by atoms with Crippen molar-refractivity contribution in [2.45, 2.75) is 77.6 Å². The number of hydrogen-bond donors (Lipinski definition) is 0. The number of esters is 1. The first-order chi connectivity index (χ1) is 11.2. The summed E-state index contributed by atoms with van der Waals surface area (Å²) in [5.41, 5.74) is 0. The first-order valence-electron chi connectivity index (χ1n) is 9.15. The van der Waals surface area contributed by atoms with E-state index in [-0.39, 0.29) is 35.5 Å². The van der Waals surface area contributed by atoms with Gasteiger partial charge in [0.05, 0.1) is 12.5 Å². The van der Waals surface area contributed by atoms with Crippen LogP contribution in [-0.2, 0) is 14.3 Å². The molecule has 2 atom stereocenters. The molecule has 5 heteroatoms. The number of allylic oxidation sites excluding steroid dienone is 2. The Balaban J connectivity index is 0.00000529. The Kier molecular flexibility index (Phi) is 14.8. The van der Waals surface area contributed by atoms with Gasteiger partial charge in [0.1, 0.15) is 0 Å². The van der Waals surface area contributed by atoms with Crippen LogP contribution in [0.1, 0.15) is 77.6 Å². The maximum atomic E-state index is 12.0. The van der Waals surface area contributed by atoms with Gasteiger partial charge in [0.15, 0.2) is 0 Å². The molecule has 24 heavy (non-hydrogen) atoms. The Morgan fingerprint density at radius 1 is 1.00 bits per heavy atom. The molecule has 0 amide bonds. The molecule has 0 radical (unpaired) electrons. The molecule has 4 nitrogen and oxygen atoms in total. The molecule has 1 aliphatic rings. The van der Waals surface area contributed by atoms with Crippen LogP contribution in [-0.4, -0.2) is 18.5 Å². The normalized spacial score (nSPS) is 20.5. The summed E-state index contributed by atoms with van der Waals surface area (Å²) in [6.45, 7) is 2.46. The largest absolute Gasteiger partial charge is 1.00 e.